The molecule has 7 unspecified atom stereocenters. The van der Waals surface area contributed by atoms with Crippen LogP contribution in [0, 0.1) is 29.6 Å². The smallest absolute Gasteiger partial charge is 0.100 e. The summed E-state index contributed by atoms with van der Waals surface area (Å²) in [5.41, 5.74) is 0. The number of fused-ring (bicyclic) bond motifs is 2. The zero-order valence-electron chi connectivity index (χ0n) is 11.4. The fourth-order valence-corrected chi connectivity index (χ4v) is 5.22. The molecule has 2 fully saturated rings. The van der Waals surface area contributed by atoms with Crippen LogP contribution in [0.3, 0.4) is 0 Å². The number of aliphatic hydroxyl groups excluding tert-OH is 2. The summed E-state index contributed by atoms with van der Waals surface area (Å²) in [5.74, 6) is 1.79. The summed E-state index contributed by atoms with van der Waals surface area (Å²) >= 11 is 0. The predicted octanol–water partition coefficient (Wildman–Crippen LogP) is 0.572. The maximum absolute atomic E-state index is 11.2. The van der Waals surface area contributed by atoms with Crippen molar-refractivity contribution < 1.29 is 23.2 Å². The number of hydrogen-bond donors (Lipinski definition) is 2. The van der Waals surface area contributed by atoms with E-state index in [9.17, 15) is 18.1 Å². The van der Waals surface area contributed by atoms with Gasteiger partial charge in [0, 0.05) is 6.61 Å². The van der Waals surface area contributed by atoms with Gasteiger partial charge in [-0.2, -0.15) is 0 Å². The Morgan fingerprint density at radius 1 is 1.26 bits per heavy atom. The van der Waals surface area contributed by atoms with E-state index >= 15 is 0 Å². The van der Waals surface area contributed by atoms with Crippen LogP contribution < -0.4 is 0 Å². The molecule has 0 aromatic heterocycles. The Hall–Kier alpha value is -0.170. The highest BCUT2D eigenvalue weighted by Crippen LogP contribution is 2.56. The lowest BCUT2D eigenvalue weighted by Crippen LogP contribution is -2.43. The number of aliphatic hydroxyl groups is 2. The number of rotatable bonds is 5. The highest BCUT2D eigenvalue weighted by atomic mass is 32.2. The minimum atomic E-state index is -4.57. The van der Waals surface area contributed by atoms with Crippen molar-refractivity contribution in [3.05, 3.63) is 0 Å². The third kappa shape index (κ3) is 2.68. The van der Waals surface area contributed by atoms with Crippen LogP contribution in [-0.2, 0) is 10.1 Å². The molecule has 19 heavy (non-hydrogen) atoms. The van der Waals surface area contributed by atoms with Crippen LogP contribution >= 0.6 is 0 Å². The molecule has 0 aromatic rings. The fraction of sp³-hybridized carbons (Fsp3) is 1.00. The van der Waals surface area contributed by atoms with E-state index in [1.165, 1.54) is 0 Å². The maximum Gasteiger partial charge on any atom is 0.100 e. The van der Waals surface area contributed by atoms with Crippen LogP contribution in [0.15, 0.2) is 0 Å². The molecule has 5 nitrogen and oxygen atoms in total. The number of hydrogen-bond acceptors (Lipinski definition) is 5. The minimum Gasteiger partial charge on any atom is -0.748 e. The molecule has 2 N–H and O–H groups in total. The van der Waals surface area contributed by atoms with Crippen molar-refractivity contribution in [2.45, 2.75) is 44.5 Å². The van der Waals surface area contributed by atoms with Crippen molar-refractivity contribution in [2.75, 3.05) is 6.61 Å². The van der Waals surface area contributed by atoms with Crippen LogP contribution in [0.25, 0.3) is 0 Å². The largest absolute Gasteiger partial charge is 0.748 e. The van der Waals surface area contributed by atoms with Crippen LogP contribution in [0.2, 0.25) is 0 Å². The van der Waals surface area contributed by atoms with E-state index in [-0.39, 0.29) is 12.3 Å². The second kappa shape index (κ2) is 5.31. The molecule has 2 saturated carbocycles. The van der Waals surface area contributed by atoms with Gasteiger partial charge in [0.05, 0.1) is 11.4 Å². The van der Waals surface area contributed by atoms with Crippen LogP contribution in [0.5, 0.6) is 0 Å². The standard InChI is InChI=1S/C13H24O5S/c1-7-8(2)10-5-9(7)6-11(10)13(15)12(3-4-14)19(16,17)18/h7-15H,3-6H2,1-2H3,(H,16,17,18)/p-1. The molecule has 2 aliphatic rings. The molecule has 0 aromatic carbocycles. The molecule has 0 spiro atoms. The lowest BCUT2D eigenvalue weighted by atomic mass is 9.73. The third-order valence-electron chi connectivity index (χ3n) is 5.55. The average Bonchev–Trinajstić information content (AvgIpc) is 2.85. The lowest BCUT2D eigenvalue weighted by Gasteiger charge is -2.38. The van der Waals surface area contributed by atoms with E-state index in [1.807, 2.05) is 0 Å². The van der Waals surface area contributed by atoms with E-state index in [0.717, 1.165) is 12.8 Å². The second-order valence-corrected chi connectivity index (χ2v) is 7.90. The van der Waals surface area contributed by atoms with Gasteiger partial charge in [-0.25, -0.2) is 8.42 Å². The molecule has 6 heteroatoms. The lowest BCUT2D eigenvalue weighted by molar-refractivity contribution is 0.0357. The Labute approximate surface area is 114 Å². The van der Waals surface area contributed by atoms with Crippen molar-refractivity contribution in [1.82, 2.24) is 0 Å². The molecule has 2 aliphatic carbocycles. The monoisotopic (exact) mass is 291 g/mol. The fourth-order valence-electron chi connectivity index (χ4n) is 4.28. The van der Waals surface area contributed by atoms with Gasteiger partial charge in [-0.3, -0.25) is 0 Å². The van der Waals surface area contributed by atoms with Gasteiger partial charge in [0.1, 0.15) is 10.1 Å². The summed E-state index contributed by atoms with van der Waals surface area (Å²) in [5, 5.41) is 17.8. The maximum atomic E-state index is 11.2. The first-order chi connectivity index (χ1) is 8.77. The van der Waals surface area contributed by atoms with Gasteiger partial charge in [0.25, 0.3) is 0 Å². The summed E-state index contributed by atoms with van der Waals surface area (Å²) in [7, 11) is -4.57. The van der Waals surface area contributed by atoms with Crippen molar-refractivity contribution in [2.24, 2.45) is 29.6 Å². The molecular weight excluding hydrogens is 268 g/mol. The Bertz CT molecular complexity index is 419. The van der Waals surface area contributed by atoms with E-state index in [0.29, 0.717) is 23.7 Å². The zero-order chi connectivity index (χ0) is 14.4. The van der Waals surface area contributed by atoms with Crippen LogP contribution in [0.4, 0.5) is 0 Å². The Balaban J connectivity index is 2.14. The molecule has 112 valence electrons. The van der Waals surface area contributed by atoms with Gasteiger partial charge in [0.2, 0.25) is 0 Å². The summed E-state index contributed by atoms with van der Waals surface area (Å²) < 4.78 is 33.7. The normalized spacial score (nSPS) is 41.4. The Kier molecular flexibility index (Phi) is 4.26. The molecule has 2 bridgehead atoms. The van der Waals surface area contributed by atoms with Gasteiger partial charge in [0.15, 0.2) is 0 Å². The third-order valence-corrected chi connectivity index (χ3v) is 6.81. The Morgan fingerprint density at radius 3 is 2.32 bits per heavy atom. The molecule has 7 atom stereocenters. The molecule has 0 aliphatic heterocycles. The molecule has 0 amide bonds. The first-order valence-corrected chi connectivity index (χ1v) is 8.48. The van der Waals surface area contributed by atoms with Gasteiger partial charge in [-0.15, -0.1) is 0 Å². The van der Waals surface area contributed by atoms with Crippen LogP contribution in [-0.4, -0.2) is 41.1 Å². The predicted molar refractivity (Wildman–Crippen MR) is 69.2 cm³/mol. The zero-order valence-corrected chi connectivity index (χ0v) is 12.2. The topological polar surface area (TPSA) is 97.7 Å². The van der Waals surface area contributed by atoms with E-state index in [2.05, 4.69) is 13.8 Å². The van der Waals surface area contributed by atoms with Crippen molar-refractivity contribution in [3.8, 4) is 0 Å². The van der Waals surface area contributed by atoms with E-state index < -0.39 is 28.1 Å². The summed E-state index contributed by atoms with van der Waals surface area (Å²) in [4.78, 5) is 0. The van der Waals surface area contributed by atoms with Crippen molar-refractivity contribution in [1.29, 1.82) is 0 Å². The quantitative estimate of drug-likeness (QED) is 0.722. The molecule has 2 rings (SSSR count). The van der Waals surface area contributed by atoms with Crippen molar-refractivity contribution >= 4 is 10.1 Å². The average molecular weight is 291 g/mol. The molecular formula is C13H23O5S-. The van der Waals surface area contributed by atoms with Crippen molar-refractivity contribution in [3.63, 3.8) is 0 Å². The summed E-state index contributed by atoms with van der Waals surface area (Å²) in [6.07, 6.45) is 0.508. The highest BCUT2D eigenvalue weighted by Gasteiger charge is 2.52. The molecule has 0 saturated heterocycles. The molecule has 0 heterocycles. The minimum absolute atomic E-state index is 0.114. The van der Waals surface area contributed by atoms with Gasteiger partial charge in [-0.05, 0) is 48.9 Å². The van der Waals surface area contributed by atoms with Crippen LogP contribution in [0.1, 0.15) is 33.1 Å². The first kappa shape index (κ1) is 15.2. The molecule has 0 radical (unpaired) electrons. The van der Waals surface area contributed by atoms with E-state index in [1.54, 1.807) is 0 Å². The highest BCUT2D eigenvalue weighted by molar-refractivity contribution is 7.86. The van der Waals surface area contributed by atoms with Gasteiger partial charge in [-0.1, -0.05) is 13.8 Å². The summed E-state index contributed by atoms with van der Waals surface area (Å²) in [6.45, 7) is 3.95. The first-order valence-electron chi connectivity index (χ1n) is 7.01. The second-order valence-electron chi connectivity index (χ2n) is 6.31. The van der Waals surface area contributed by atoms with E-state index in [4.69, 9.17) is 5.11 Å². The SMILES string of the molecule is CC1C2CC(C1C)C(C(O)C(CCO)S(=O)(=O)[O-])C2. The Morgan fingerprint density at radius 2 is 1.89 bits per heavy atom. The van der Waals surface area contributed by atoms with Gasteiger partial charge < -0.3 is 14.8 Å². The van der Waals surface area contributed by atoms with Gasteiger partial charge >= 0.3 is 0 Å². The summed E-state index contributed by atoms with van der Waals surface area (Å²) in [6, 6.07) is 0.